The molecule has 0 aliphatic carbocycles. The Labute approximate surface area is 146 Å². The third-order valence-electron chi connectivity index (χ3n) is 3.44. The van der Waals surface area contributed by atoms with E-state index in [1.54, 1.807) is 18.2 Å². The van der Waals surface area contributed by atoms with Crippen molar-refractivity contribution < 1.29 is 33.2 Å². The van der Waals surface area contributed by atoms with Crippen molar-refractivity contribution in [1.82, 2.24) is 0 Å². The molecule has 2 rings (SSSR count). The maximum absolute atomic E-state index is 12.5. The summed E-state index contributed by atoms with van der Waals surface area (Å²) in [5, 5.41) is 0. The van der Waals surface area contributed by atoms with Crippen molar-refractivity contribution >= 4 is 5.97 Å². The first kappa shape index (κ1) is 18.3. The highest BCUT2D eigenvalue weighted by Gasteiger charge is 2.19. The van der Waals surface area contributed by atoms with Crippen molar-refractivity contribution in [3.8, 4) is 34.5 Å². The van der Waals surface area contributed by atoms with Crippen LogP contribution in [0.5, 0.6) is 34.5 Å². The van der Waals surface area contributed by atoms with Crippen LogP contribution in [0.3, 0.4) is 0 Å². The third kappa shape index (κ3) is 4.06. The Balaban J connectivity index is 2.35. The highest BCUT2D eigenvalue weighted by Crippen LogP contribution is 2.38. The minimum atomic E-state index is -0.588. The van der Waals surface area contributed by atoms with E-state index in [1.807, 2.05) is 0 Å². The number of ether oxygens (including phenoxy) is 6. The predicted molar refractivity (Wildman–Crippen MR) is 90.6 cm³/mol. The molecule has 0 heterocycles. The Morgan fingerprint density at radius 2 is 1.12 bits per heavy atom. The molecule has 0 atom stereocenters. The Bertz CT molecular complexity index is 708. The molecule has 0 aliphatic rings. The summed E-state index contributed by atoms with van der Waals surface area (Å²) in [6.45, 7) is 0. The Kier molecular flexibility index (Phi) is 5.94. The van der Waals surface area contributed by atoms with E-state index in [9.17, 15) is 4.79 Å². The molecule has 2 aromatic carbocycles. The molecule has 7 nitrogen and oxygen atoms in total. The first-order valence-electron chi connectivity index (χ1n) is 7.31. The van der Waals surface area contributed by atoms with Gasteiger partial charge in [-0.05, 0) is 12.1 Å². The SMILES string of the molecule is COc1cc(OC)cc(OC(=O)c2cc(OC)c(OC)c(OC)c2)c1. The number of hydrogen-bond donors (Lipinski definition) is 0. The molecule has 0 bridgehead atoms. The molecule has 25 heavy (non-hydrogen) atoms. The Hall–Kier alpha value is -3.09. The number of hydrogen-bond acceptors (Lipinski definition) is 7. The van der Waals surface area contributed by atoms with E-state index in [4.69, 9.17) is 28.4 Å². The number of benzene rings is 2. The summed E-state index contributed by atoms with van der Waals surface area (Å²) < 4.78 is 31.4. The van der Waals surface area contributed by atoms with Gasteiger partial charge in [0.05, 0.1) is 41.1 Å². The van der Waals surface area contributed by atoms with Crippen molar-refractivity contribution in [2.75, 3.05) is 35.5 Å². The quantitative estimate of drug-likeness (QED) is 0.563. The second-order valence-corrected chi connectivity index (χ2v) is 4.85. The fourth-order valence-corrected chi connectivity index (χ4v) is 2.21. The van der Waals surface area contributed by atoms with Crippen molar-refractivity contribution in [2.24, 2.45) is 0 Å². The van der Waals surface area contributed by atoms with Crippen LogP contribution in [0.25, 0.3) is 0 Å². The lowest BCUT2D eigenvalue weighted by atomic mass is 10.2. The van der Waals surface area contributed by atoms with Crippen LogP contribution in [0.1, 0.15) is 10.4 Å². The molecule has 7 heteroatoms. The van der Waals surface area contributed by atoms with E-state index >= 15 is 0 Å². The highest BCUT2D eigenvalue weighted by molar-refractivity contribution is 5.92. The second-order valence-electron chi connectivity index (χ2n) is 4.85. The third-order valence-corrected chi connectivity index (χ3v) is 3.44. The van der Waals surface area contributed by atoms with Gasteiger partial charge in [0.25, 0.3) is 0 Å². The van der Waals surface area contributed by atoms with Crippen LogP contribution in [0.4, 0.5) is 0 Å². The summed E-state index contributed by atoms with van der Waals surface area (Å²) in [7, 11) is 7.46. The minimum absolute atomic E-state index is 0.247. The summed E-state index contributed by atoms with van der Waals surface area (Å²) in [6, 6.07) is 7.87. The minimum Gasteiger partial charge on any atom is -0.496 e. The number of esters is 1. The molecule has 0 fully saturated rings. The lowest BCUT2D eigenvalue weighted by Gasteiger charge is -2.14. The molecule has 0 N–H and O–H groups in total. The molecule has 134 valence electrons. The van der Waals surface area contributed by atoms with E-state index in [2.05, 4.69) is 0 Å². The van der Waals surface area contributed by atoms with Crippen LogP contribution in [-0.2, 0) is 0 Å². The lowest BCUT2D eigenvalue weighted by Crippen LogP contribution is -2.10. The van der Waals surface area contributed by atoms with E-state index in [1.165, 1.54) is 47.7 Å². The number of rotatable bonds is 7. The zero-order valence-electron chi connectivity index (χ0n) is 14.7. The van der Waals surface area contributed by atoms with Crippen molar-refractivity contribution in [3.63, 3.8) is 0 Å². The summed E-state index contributed by atoms with van der Waals surface area (Å²) >= 11 is 0. The average molecular weight is 348 g/mol. The van der Waals surface area contributed by atoms with Gasteiger partial charge in [-0.2, -0.15) is 0 Å². The summed E-state index contributed by atoms with van der Waals surface area (Å²) in [4.78, 5) is 12.5. The molecular weight excluding hydrogens is 328 g/mol. The summed E-state index contributed by atoms with van der Waals surface area (Å²) in [5.41, 5.74) is 0.247. The van der Waals surface area contributed by atoms with Crippen molar-refractivity contribution in [1.29, 1.82) is 0 Å². The molecule has 0 unspecified atom stereocenters. The monoisotopic (exact) mass is 348 g/mol. The predicted octanol–water partition coefficient (Wildman–Crippen LogP) is 2.95. The van der Waals surface area contributed by atoms with Gasteiger partial charge in [0.1, 0.15) is 17.2 Å². The molecule has 0 saturated carbocycles. The van der Waals surface area contributed by atoms with Crippen molar-refractivity contribution in [3.05, 3.63) is 35.9 Å². The second kappa shape index (κ2) is 8.14. The number of methoxy groups -OCH3 is 5. The zero-order valence-corrected chi connectivity index (χ0v) is 14.7. The van der Waals surface area contributed by atoms with Gasteiger partial charge in [0.15, 0.2) is 11.5 Å². The highest BCUT2D eigenvalue weighted by atomic mass is 16.5. The van der Waals surface area contributed by atoms with Gasteiger partial charge in [-0.1, -0.05) is 0 Å². The maximum Gasteiger partial charge on any atom is 0.343 e. The number of carbonyl (C=O) groups excluding carboxylic acids is 1. The van der Waals surface area contributed by atoms with E-state index < -0.39 is 5.97 Å². The molecule has 0 amide bonds. The van der Waals surface area contributed by atoms with Gasteiger partial charge in [-0.15, -0.1) is 0 Å². The van der Waals surface area contributed by atoms with Gasteiger partial charge in [-0.3, -0.25) is 0 Å². The van der Waals surface area contributed by atoms with E-state index in [0.29, 0.717) is 28.7 Å². The van der Waals surface area contributed by atoms with Crippen LogP contribution in [0, 0.1) is 0 Å². The number of carbonyl (C=O) groups is 1. The summed E-state index contributed by atoms with van der Waals surface area (Å²) in [5.74, 6) is 1.82. The molecule has 0 spiro atoms. The lowest BCUT2D eigenvalue weighted by molar-refractivity contribution is 0.0733. The average Bonchev–Trinajstić information content (AvgIpc) is 2.65. The smallest absolute Gasteiger partial charge is 0.343 e. The molecule has 0 aromatic heterocycles. The van der Waals surface area contributed by atoms with Crippen LogP contribution in [0.2, 0.25) is 0 Å². The van der Waals surface area contributed by atoms with Crippen LogP contribution in [0.15, 0.2) is 30.3 Å². The van der Waals surface area contributed by atoms with Crippen LogP contribution >= 0.6 is 0 Å². The van der Waals surface area contributed by atoms with E-state index in [0.717, 1.165) is 0 Å². The normalized spacial score (nSPS) is 9.96. The molecule has 0 radical (unpaired) electrons. The fourth-order valence-electron chi connectivity index (χ4n) is 2.21. The van der Waals surface area contributed by atoms with Crippen LogP contribution in [-0.4, -0.2) is 41.5 Å². The van der Waals surface area contributed by atoms with Gasteiger partial charge >= 0.3 is 5.97 Å². The molecule has 0 aliphatic heterocycles. The molecular formula is C18H20O7. The van der Waals surface area contributed by atoms with Gasteiger partial charge in [0.2, 0.25) is 5.75 Å². The Morgan fingerprint density at radius 1 is 0.640 bits per heavy atom. The fraction of sp³-hybridized carbons (Fsp3) is 0.278. The maximum atomic E-state index is 12.5. The first-order chi connectivity index (χ1) is 12.1. The van der Waals surface area contributed by atoms with Gasteiger partial charge in [-0.25, -0.2) is 4.79 Å². The standard InChI is InChI=1S/C18H20O7/c1-20-12-8-13(21-2)10-14(9-12)25-18(19)11-6-15(22-3)17(24-5)16(7-11)23-4/h6-10H,1-5H3. The molecule has 0 saturated heterocycles. The first-order valence-corrected chi connectivity index (χ1v) is 7.31. The van der Waals surface area contributed by atoms with Crippen LogP contribution < -0.4 is 28.4 Å². The van der Waals surface area contributed by atoms with E-state index in [-0.39, 0.29) is 11.3 Å². The van der Waals surface area contributed by atoms with Gasteiger partial charge < -0.3 is 28.4 Å². The summed E-state index contributed by atoms with van der Waals surface area (Å²) in [6.07, 6.45) is 0. The Morgan fingerprint density at radius 3 is 1.52 bits per heavy atom. The topological polar surface area (TPSA) is 72.5 Å². The van der Waals surface area contributed by atoms with Gasteiger partial charge in [0, 0.05) is 18.2 Å². The zero-order chi connectivity index (χ0) is 18.4. The van der Waals surface area contributed by atoms with Crippen molar-refractivity contribution in [2.45, 2.75) is 0 Å². The largest absolute Gasteiger partial charge is 0.496 e. The molecule has 2 aromatic rings.